The molecule has 0 aromatic rings. The fraction of sp³-hybridized carbons (Fsp3) is 0.938. The summed E-state index contributed by atoms with van der Waals surface area (Å²) >= 11 is 1.96. The van der Waals surface area contributed by atoms with E-state index >= 15 is 0 Å². The third kappa shape index (κ3) is 4.40. The third-order valence-corrected chi connectivity index (χ3v) is 5.69. The number of nitrogens with zero attached hydrogens (tertiary/aromatic N) is 1. The average Bonchev–Trinajstić information content (AvgIpc) is 2.72. The molecule has 0 amide bonds. The zero-order chi connectivity index (χ0) is 13.7. The predicted octanol–water partition coefficient (Wildman–Crippen LogP) is 4.60. The SMILES string of the molecule is CCCCCC(C)N=C1NC2(CCCC(C)C2)CS1. The summed E-state index contributed by atoms with van der Waals surface area (Å²) in [5, 5.41) is 4.99. The summed E-state index contributed by atoms with van der Waals surface area (Å²) in [6.07, 6.45) is 10.7. The molecule has 1 N–H and O–H groups in total. The Balaban J connectivity index is 1.83. The Bertz CT molecular complexity index is 316. The molecular formula is C16H30N2S. The highest BCUT2D eigenvalue weighted by atomic mass is 32.2. The highest BCUT2D eigenvalue weighted by Crippen LogP contribution is 2.38. The van der Waals surface area contributed by atoms with Crippen molar-refractivity contribution >= 4 is 16.9 Å². The van der Waals surface area contributed by atoms with Gasteiger partial charge in [-0.1, -0.05) is 57.7 Å². The van der Waals surface area contributed by atoms with Crippen LogP contribution in [0.5, 0.6) is 0 Å². The number of amidine groups is 1. The summed E-state index contributed by atoms with van der Waals surface area (Å²) in [6.45, 7) is 6.92. The molecule has 1 aliphatic carbocycles. The first-order valence-corrected chi connectivity index (χ1v) is 9.11. The molecule has 3 unspecified atom stereocenters. The highest BCUT2D eigenvalue weighted by molar-refractivity contribution is 8.14. The van der Waals surface area contributed by atoms with Gasteiger partial charge in [-0.15, -0.1) is 0 Å². The summed E-state index contributed by atoms with van der Waals surface area (Å²) in [5.41, 5.74) is 0.379. The second-order valence-corrected chi connectivity index (χ2v) is 7.64. The van der Waals surface area contributed by atoms with Crippen molar-refractivity contribution in [1.82, 2.24) is 5.32 Å². The molecule has 1 saturated heterocycles. The summed E-state index contributed by atoms with van der Waals surface area (Å²) in [7, 11) is 0. The molecule has 0 radical (unpaired) electrons. The van der Waals surface area contributed by atoms with Crippen LogP contribution in [0.25, 0.3) is 0 Å². The maximum Gasteiger partial charge on any atom is 0.157 e. The van der Waals surface area contributed by atoms with Gasteiger partial charge in [-0.2, -0.15) is 0 Å². The van der Waals surface area contributed by atoms with Gasteiger partial charge >= 0.3 is 0 Å². The van der Waals surface area contributed by atoms with Crippen LogP contribution in [0.4, 0.5) is 0 Å². The Morgan fingerprint density at radius 2 is 2.32 bits per heavy atom. The summed E-state index contributed by atoms with van der Waals surface area (Å²) < 4.78 is 0. The molecular weight excluding hydrogens is 252 g/mol. The molecule has 3 heteroatoms. The van der Waals surface area contributed by atoms with Crippen molar-refractivity contribution < 1.29 is 0 Å². The van der Waals surface area contributed by atoms with Gasteiger partial charge < -0.3 is 5.32 Å². The molecule has 1 saturated carbocycles. The number of unbranched alkanes of at least 4 members (excludes halogenated alkanes) is 2. The van der Waals surface area contributed by atoms with E-state index in [0.717, 1.165) is 5.92 Å². The largest absolute Gasteiger partial charge is 0.359 e. The van der Waals surface area contributed by atoms with Crippen molar-refractivity contribution in [3.63, 3.8) is 0 Å². The van der Waals surface area contributed by atoms with Gasteiger partial charge in [-0.3, -0.25) is 4.99 Å². The number of thioether (sulfide) groups is 1. The van der Waals surface area contributed by atoms with Gasteiger partial charge in [0.2, 0.25) is 0 Å². The lowest BCUT2D eigenvalue weighted by Crippen LogP contribution is -2.47. The molecule has 0 bridgehead atoms. The van der Waals surface area contributed by atoms with Crippen molar-refractivity contribution in [2.24, 2.45) is 10.9 Å². The van der Waals surface area contributed by atoms with Gasteiger partial charge in [0.25, 0.3) is 0 Å². The summed E-state index contributed by atoms with van der Waals surface area (Å²) in [6, 6.07) is 0.484. The molecule has 110 valence electrons. The smallest absolute Gasteiger partial charge is 0.157 e. The van der Waals surface area contributed by atoms with Crippen molar-refractivity contribution in [2.75, 3.05) is 5.75 Å². The first-order valence-electron chi connectivity index (χ1n) is 8.12. The fourth-order valence-electron chi connectivity index (χ4n) is 3.43. The van der Waals surface area contributed by atoms with Crippen LogP contribution < -0.4 is 5.32 Å². The minimum Gasteiger partial charge on any atom is -0.359 e. The van der Waals surface area contributed by atoms with E-state index in [-0.39, 0.29) is 0 Å². The fourth-order valence-corrected chi connectivity index (χ4v) is 4.72. The second-order valence-electron chi connectivity index (χ2n) is 6.67. The molecule has 0 aromatic heterocycles. The average molecular weight is 282 g/mol. The first kappa shape index (κ1) is 15.2. The highest BCUT2D eigenvalue weighted by Gasteiger charge is 2.40. The van der Waals surface area contributed by atoms with E-state index in [9.17, 15) is 0 Å². The predicted molar refractivity (Wildman–Crippen MR) is 87.0 cm³/mol. The standard InChI is InChI=1S/C16H30N2S/c1-4-5-6-9-14(3)17-15-18-16(12-19-15)10-7-8-13(2)11-16/h13-14H,4-12H2,1-3H3,(H,17,18). The van der Waals surface area contributed by atoms with Crippen LogP contribution in [-0.4, -0.2) is 22.5 Å². The Hall–Kier alpha value is -0.180. The van der Waals surface area contributed by atoms with Crippen LogP contribution in [0.3, 0.4) is 0 Å². The Kier molecular flexibility index (Phi) is 5.61. The number of aliphatic imine (C=N–C) groups is 1. The normalized spacial score (nSPS) is 34.7. The van der Waals surface area contributed by atoms with Crippen LogP contribution >= 0.6 is 11.8 Å². The molecule has 1 heterocycles. The topological polar surface area (TPSA) is 24.4 Å². The Morgan fingerprint density at radius 1 is 1.47 bits per heavy atom. The van der Waals surface area contributed by atoms with Gasteiger partial charge in [0, 0.05) is 17.3 Å². The molecule has 2 rings (SSSR count). The lowest BCUT2D eigenvalue weighted by atomic mass is 9.78. The van der Waals surface area contributed by atoms with Gasteiger partial charge in [0.05, 0.1) is 0 Å². The Morgan fingerprint density at radius 3 is 3.05 bits per heavy atom. The minimum absolute atomic E-state index is 0.379. The maximum absolute atomic E-state index is 4.89. The molecule has 2 nitrogen and oxygen atoms in total. The molecule has 2 aliphatic rings. The van der Waals surface area contributed by atoms with Gasteiger partial charge in [-0.25, -0.2) is 0 Å². The summed E-state index contributed by atoms with van der Waals surface area (Å²) in [5.74, 6) is 2.11. The second kappa shape index (κ2) is 7.01. The van der Waals surface area contributed by atoms with E-state index < -0.39 is 0 Å². The van der Waals surface area contributed by atoms with Crippen LogP contribution in [0, 0.1) is 5.92 Å². The molecule has 3 atom stereocenters. The van der Waals surface area contributed by atoms with E-state index in [0.29, 0.717) is 11.6 Å². The minimum atomic E-state index is 0.379. The van der Waals surface area contributed by atoms with Crippen molar-refractivity contribution in [3.05, 3.63) is 0 Å². The molecule has 1 spiro atoms. The lowest BCUT2D eigenvalue weighted by Gasteiger charge is -2.36. The van der Waals surface area contributed by atoms with Crippen LogP contribution in [0.1, 0.15) is 72.1 Å². The van der Waals surface area contributed by atoms with Crippen LogP contribution in [-0.2, 0) is 0 Å². The number of hydrogen-bond acceptors (Lipinski definition) is 2. The van der Waals surface area contributed by atoms with Crippen molar-refractivity contribution in [2.45, 2.75) is 83.7 Å². The number of nitrogens with one attached hydrogen (secondary N) is 1. The third-order valence-electron chi connectivity index (χ3n) is 4.51. The van der Waals surface area contributed by atoms with Gasteiger partial charge in [0.15, 0.2) is 5.17 Å². The van der Waals surface area contributed by atoms with E-state index in [1.54, 1.807) is 0 Å². The zero-order valence-electron chi connectivity index (χ0n) is 12.9. The zero-order valence-corrected chi connectivity index (χ0v) is 13.7. The Labute approximate surface area is 123 Å². The van der Waals surface area contributed by atoms with Gasteiger partial charge in [-0.05, 0) is 32.1 Å². The van der Waals surface area contributed by atoms with Gasteiger partial charge in [0.1, 0.15) is 0 Å². The number of hydrogen-bond donors (Lipinski definition) is 1. The van der Waals surface area contributed by atoms with Crippen molar-refractivity contribution in [3.8, 4) is 0 Å². The quantitative estimate of drug-likeness (QED) is 0.745. The molecule has 2 fully saturated rings. The number of rotatable bonds is 5. The maximum atomic E-state index is 4.89. The van der Waals surface area contributed by atoms with E-state index in [1.165, 1.54) is 62.3 Å². The molecule has 1 aliphatic heterocycles. The van der Waals surface area contributed by atoms with E-state index in [1.807, 2.05) is 11.8 Å². The molecule has 0 aromatic carbocycles. The van der Waals surface area contributed by atoms with Crippen LogP contribution in [0.15, 0.2) is 4.99 Å². The van der Waals surface area contributed by atoms with E-state index in [4.69, 9.17) is 4.99 Å². The van der Waals surface area contributed by atoms with Crippen LogP contribution in [0.2, 0.25) is 0 Å². The summed E-state index contributed by atoms with van der Waals surface area (Å²) in [4.78, 5) is 4.89. The molecule has 19 heavy (non-hydrogen) atoms. The van der Waals surface area contributed by atoms with E-state index in [2.05, 4.69) is 26.1 Å². The van der Waals surface area contributed by atoms with Crippen molar-refractivity contribution in [1.29, 1.82) is 0 Å². The monoisotopic (exact) mass is 282 g/mol. The first-order chi connectivity index (χ1) is 9.13. The lowest BCUT2D eigenvalue weighted by molar-refractivity contribution is 0.242.